The van der Waals surface area contributed by atoms with Crippen molar-refractivity contribution >= 4 is 17.3 Å². The predicted molar refractivity (Wildman–Crippen MR) is 91.3 cm³/mol. The molecule has 2 aliphatic carbocycles. The first-order valence-electron chi connectivity index (χ1n) is 7.60. The highest BCUT2D eigenvalue weighted by molar-refractivity contribution is 6.07. The Balaban J connectivity index is 2.13. The van der Waals surface area contributed by atoms with E-state index < -0.39 is 5.97 Å². The van der Waals surface area contributed by atoms with Crippen LogP contribution >= 0.6 is 0 Å². The van der Waals surface area contributed by atoms with Crippen LogP contribution in [0.5, 0.6) is 5.75 Å². The number of nitrogens with zero attached hydrogens (tertiary/aromatic N) is 2. The Morgan fingerprint density at radius 2 is 1.58 bits per heavy atom. The summed E-state index contributed by atoms with van der Waals surface area (Å²) in [4.78, 5) is 12.2. The van der Waals surface area contributed by atoms with Gasteiger partial charge in [-0.1, -0.05) is 48.5 Å². The van der Waals surface area contributed by atoms with Crippen molar-refractivity contribution in [3.05, 3.63) is 66.2 Å². The normalized spacial score (nSPS) is 11.0. The average Bonchev–Trinajstić information content (AvgIpc) is 2.73. The fraction of sp³-hybridized carbons (Fsp3) is 0.105. The third kappa shape index (κ3) is 2.96. The molecule has 0 bridgehead atoms. The van der Waals surface area contributed by atoms with Crippen molar-refractivity contribution in [2.75, 3.05) is 6.61 Å². The van der Waals surface area contributed by atoms with Crippen molar-refractivity contribution in [2.45, 2.75) is 6.92 Å². The second-order valence-electron chi connectivity index (χ2n) is 5.07. The lowest BCUT2D eigenvalue weighted by atomic mass is 10.1. The van der Waals surface area contributed by atoms with Crippen molar-refractivity contribution < 1.29 is 14.6 Å². The van der Waals surface area contributed by atoms with E-state index in [1.165, 1.54) is 0 Å². The Hall–Kier alpha value is -3.21. The molecule has 0 saturated carbocycles. The molecule has 0 heterocycles. The fourth-order valence-corrected chi connectivity index (χ4v) is 2.46. The Kier molecular flexibility index (Phi) is 4.52. The molecular formula is C19H16N2O3. The zero-order chi connectivity index (χ0) is 16.9. The van der Waals surface area contributed by atoms with Crippen molar-refractivity contribution in [3.8, 4) is 16.9 Å². The van der Waals surface area contributed by atoms with E-state index >= 15 is 0 Å². The second-order valence-corrected chi connectivity index (χ2v) is 5.07. The van der Waals surface area contributed by atoms with Gasteiger partial charge in [-0.25, -0.2) is 4.79 Å². The van der Waals surface area contributed by atoms with Gasteiger partial charge < -0.3 is 9.84 Å². The summed E-state index contributed by atoms with van der Waals surface area (Å²) in [5, 5.41) is 18.8. The summed E-state index contributed by atoms with van der Waals surface area (Å²) in [6, 6.07) is 18.2. The quantitative estimate of drug-likeness (QED) is 0.537. The van der Waals surface area contributed by atoms with Gasteiger partial charge in [-0.05, 0) is 19.1 Å². The van der Waals surface area contributed by atoms with Crippen molar-refractivity contribution in [2.24, 2.45) is 10.2 Å². The van der Waals surface area contributed by atoms with Crippen molar-refractivity contribution in [3.63, 3.8) is 0 Å². The molecule has 0 fully saturated rings. The first kappa shape index (κ1) is 15.7. The third-order valence-electron chi connectivity index (χ3n) is 3.52. The number of fused-ring (bicyclic) bond motifs is 1. The van der Waals surface area contributed by atoms with Crippen LogP contribution in [0, 0.1) is 0 Å². The molecule has 0 saturated heterocycles. The Bertz CT molecular complexity index is 860. The van der Waals surface area contributed by atoms with Gasteiger partial charge in [0, 0.05) is 11.1 Å². The molecule has 24 heavy (non-hydrogen) atoms. The molecule has 1 N–H and O–H groups in total. The number of carbonyl (C=O) groups is 1. The van der Waals surface area contributed by atoms with E-state index in [0.29, 0.717) is 16.8 Å². The third-order valence-corrected chi connectivity index (χ3v) is 3.52. The van der Waals surface area contributed by atoms with Crippen LogP contribution in [0.25, 0.3) is 11.1 Å². The van der Waals surface area contributed by atoms with E-state index in [0.717, 1.165) is 0 Å². The summed E-state index contributed by atoms with van der Waals surface area (Å²) >= 11 is 0. The predicted octanol–water partition coefficient (Wildman–Crippen LogP) is 5.09. The zero-order valence-electron chi connectivity index (χ0n) is 13.1. The largest absolute Gasteiger partial charge is 0.505 e. The lowest BCUT2D eigenvalue weighted by molar-refractivity contribution is 0.0524. The minimum absolute atomic E-state index is 0.116. The molecule has 0 aliphatic heterocycles. The fourth-order valence-electron chi connectivity index (χ4n) is 2.46. The Morgan fingerprint density at radius 3 is 2.25 bits per heavy atom. The number of hydrogen-bond acceptors (Lipinski definition) is 5. The van der Waals surface area contributed by atoms with Gasteiger partial charge in [0.25, 0.3) is 0 Å². The molecule has 5 heteroatoms. The van der Waals surface area contributed by atoms with Gasteiger partial charge in [-0.2, -0.15) is 5.11 Å². The number of rotatable bonds is 4. The number of hydrogen-bond donors (Lipinski definition) is 1. The number of ether oxygens (including phenoxy) is 1. The van der Waals surface area contributed by atoms with Gasteiger partial charge in [-0.15, -0.1) is 5.11 Å². The average molecular weight is 320 g/mol. The van der Waals surface area contributed by atoms with E-state index in [9.17, 15) is 9.90 Å². The highest BCUT2D eigenvalue weighted by atomic mass is 16.5. The molecule has 1 aromatic rings. The van der Waals surface area contributed by atoms with E-state index in [1.54, 1.807) is 37.3 Å². The van der Waals surface area contributed by atoms with Crippen LogP contribution in [0.1, 0.15) is 17.3 Å². The molecule has 5 nitrogen and oxygen atoms in total. The highest BCUT2D eigenvalue weighted by Gasteiger charge is 2.28. The molecule has 2 aliphatic rings. The monoisotopic (exact) mass is 320 g/mol. The molecule has 3 rings (SSSR count). The van der Waals surface area contributed by atoms with Crippen molar-refractivity contribution in [1.29, 1.82) is 0 Å². The maximum Gasteiger partial charge on any atom is 0.342 e. The van der Waals surface area contributed by atoms with Gasteiger partial charge in [0.2, 0.25) is 0 Å². The van der Waals surface area contributed by atoms with Gasteiger partial charge in [0.05, 0.1) is 12.3 Å². The Morgan fingerprint density at radius 1 is 0.958 bits per heavy atom. The summed E-state index contributed by atoms with van der Waals surface area (Å²) in [5.74, 6) is -0.790. The smallest absolute Gasteiger partial charge is 0.342 e. The van der Waals surface area contributed by atoms with E-state index in [4.69, 9.17) is 4.74 Å². The summed E-state index contributed by atoms with van der Waals surface area (Å²) in [5.41, 5.74) is 2.25. The molecule has 1 aromatic carbocycles. The topological polar surface area (TPSA) is 71.2 Å². The molecule has 0 unspecified atom stereocenters. The molecule has 0 spiro atoms. The van der Waals surface area contributed by atoms with Crippen LogP contribution in [0.2, 0.25) is 0 Å². The van der Waals surface area contributed by atoms with Gasteiger partial charge in [0.15, 0.2) is 5.75 Å². The molecule has 0 atom stereocenters. The lowest BCUT2D eigenvalue weighted by Crippen LogP contribution is -2.04. The number of benzene rings is 1. The van der Waals surface area contributed by atoms with E-state index in [2.05, 4.69) is 10.2 Å². The van der Waals surface area contributed by atoms with Crippen LogP contribution in [0.4, 0.5) is 11.4 Å². The molecular weight excluding hydrogens is 304 g/mol. The highest BCUT2D eigenvalue weighted by Crippen LogP contribution is 2.47. The van der Waals surface area contributed by atoms with E-state index in [-0.39, 0.29) is 23.6 Å². The SMILES string of the molecule is CCOC(=O)c1c2cccccc-2c(N=Nc2ccccc2)c1O. The second kappa shape index (κ2) is 6.91. The Labute approximate surface area is 139 Å². The summed E-state index contributed by atoms with van der Waals surface area (Å²) in [7, 11) is 0. The lowest BCUT2D eigenvalue weighted by Gasteiger charge is -2.01. The molecule has 0 aromatic heterocycles. The van der Waals surface area contributed by atoms with Gasteiger partial charge in [0.1, 0.15) is 11.3 Å². The van der Waals surface area contributed by atoms with Gasteiger partial charge in [-0.3, -0.25) is 0 Å². The number of carbonyl (C=O) groups excluding carboxylic acids is 1. The molecule has 0 amide bonds. The summed E-state index contributed by atoms with van der Waals surface area (Å²) in [6.07, 6.45) is 0. The minimum atomic E-state index is -0.577. The maximum absolute atomic E-state index is 12.2. The van der Waals surface area contributed by atoms with Crippen LogP contribution in [0.15, 0.2) is 70.9 Å². The zero-order valence-corrected chi connectivity index (χ0v) is 13.1. The maximum atomic E-state index is 12.2. The minimum Gasteiger partial charge on any atom is -0.505 e. The van der Waals surface area contributed by atoms with Crippen LogP contribution in [-0.4, -0.2) is 17.7 Å². The van der Waals surface area contributed by atoms with E-state index in [1.807, 2.05) is 30.3 Å². The molecule has 120 valence electrons. The van der Waals surface area contributed by atoms with Crippen molar-refractivity contribution in [1.82, 2.24) is 0 Å². The van der Waals surface area contributed by atoms with Gasteiger partial charge >= 0.3 is 5.97 Å². The number of azo groups is 1. The van der Waals surface area contributed by atoms with Crippen LogP contribution in [-0.2, 0) is 4.74 Å². The van der Waals surface area contributed by atoms with Crippen LogP contribution < -0.4 is 0 Å². The first-order valence-corrected chi connectivity index (χ1v) is 7.60. The number of esters is 1. The number of aromatic hydroxyl groups is 1. The van der Waals surface area contributed by atoms with Crippen LogP contribution in [0.3, 0.4) is 0 Å². The summed E-state index contributed by atoms with van der Waals surface area (Å²) in [6.45, 7) is 1.95. The summed E-state index contributed by atoms with van der Waals surface area (Å²) < 4.78 is 5.05. The first-order chi connectivity index (χ1) is 11.7. The standard InChI is InChI=1S/C19H16N2O3/c1-2-24-19(23)16-14-11-7-4-8-12-15(14)17(18(16)22)21-20-13-9-5-3-6-10-13/h3-12,22H,2H2,1H3. The molecule has 0 radical (unpaired) electrons.